The Labute approximate surface area is 161 Å². The number of amides is 1. The van der Waals surface area contributed by atoms with Crippen LogP contribution in [-0.2, 0) is 6.61 Å². The fraction of sp³-hybridized carbons (Fsp3) is 0.0476. The summed E-state index contributed by atoms with van der Waals surface area (Å²) < 4.78 is 5.98. The van der Waals surface area contributed by atoms with E-state index in [0.29, 0.717) is 28.6 Å². The van der Waals surface area contributed by atoms with Crippen LogP contribution in [0, 0.1) is 0 Å². The van der Waals surface area contributed by atoms with E-state index in [1.807, 2.05) is 30.3 Å². The third-order valence-electron chi connectivity index (χ3n) is 4.16. The molecule has 27 heavy (non-hydrogen) atoms. The summed E-state index contributed by atoms with van der Waals surface area (Å²) in [5.41, 5.74) is 3.03. The van der Waals surface area contributed by atoms with E-state index in [1.165, 1.54) is 0 Å². The van der Waals surface area contributed by atoms with Gasteiger partial charge < -0.3 is 15.0 Å². The Balaban J connectivity index is 1.61. The summed E-state index contributed by atoms with van der Waals surface area (Å²) in [7, 11) is 0. The van der Waals surface area contributed by atoms with Gasteiger partial charge in [0, 0.05) is 34.8 Å². The van der Waals surface area contributed by atoms with Gasteiger partial charge in [-0.3, -0.25) is 9.78 Å². The largest absolute Gasteiger partial charge is 0.488 e. The van der Waals surface area contributed by atoms with Crippen LogP contribution in [0.5, 0.6) is 5.75 Å². The second kappa shape index (κ2) is 7.51. The van der Waals surface area contributed by atoms with E-state index in [1.54, 1.807) is 42.9 Å². The number of hydrogen-bond donors (Lipinski definition) is 2. The van der Waals surface area contributed by atoms with Gasteiger partial charge in [0.1, 0.15) is 12.4 Å². The van der Waals surface area contributed by atoms with Gasteiger partial charge in [0.2, 0.25) is 0 Å². The predicted octanol–water partition coefficient (Wildman–Crippen LogP) is 5.05. The molecule has 0 bridgehead atoms. The average Bonchev–Trinajstić information content (AvgIpc) is 3.14. The maximum absolute atomic E-state index is 12.8. The van der Waals surface area contributed by atoms with Gasteiger partial charge in [-0.05, 0) is 54.1 Å². The van der Waals surface area contributed by atoms with Crippen molar-refractivity contribution in [2.75, 3.05) is 5.32 Å². The second-order valence-corrected chi connectivity index (χ2v) is 6.42. The maximum Gasteiger partial charge on any atom is 0.257 e. The van der Waals surface area contributed by atoms with Crippen LogP contribution in [0.4, 0.5) is 5.69 Å². The van der Waals surface area contributed by atoms with E-state index in [-0.39, 0.29) is 5.91 Å². The fourth-order valence-corrected chi connectivity index (χ4v) is 2.95. The normalized spacial score (nSPS) is 10.7. The zero-order valence-electron chi connectivity index (χ0n) is 14.3. The minimum Gasteiger partial charge on any atom is -0.488 e. The number of ether oxygens (including phenoxy) is 1. The minimum absolute atomic E-state index is 0.219. The number of anilines is 1. The van der Waals surface area contributed by atoms with Gasteiger partial charge in [-0.15, -0.1) is 0 Å². The Kier molecular flexibility index (Phi) is 4.77. The fourth-order valence-electron chi connectivity index (χ4n) is 2.82. The molecule has 0 aliphatic carbocycles. The number of halogens is 1. The molecule has 0 saturated carbocycles. The number of carbonyl (C=O) groups is 1. The number of rotatable bonds is 5. The molecule has 0 saturated heterocycles. The Morgan fingerprint density at radius 3 is 2.63 bits per heavy atom. The molecule has 1 amide bonds. The van der Waals surface area contributed by atoms with Crippen LogP contribution in [0.1, 0.15) is 15.9 Å². The zero-order chi connectivity index (χ0) is 18.6. The number of aromatic amines is 1. The van der Waals surface area contributed by atoms with Crippen molar-refractivity contribution in [2.45, 2.75) is 6.61 Å². The van der Waals surface area contributed by atoms with E-state index >= 15 is 0 Å². The lowest BCUT2D eigenvalue weighted by molar-refractivity contribution is 0.102. The number of carbonyl (C=O) groups excluding carboxylic acids is 1. The summed E-state index contributed by atoms with van der Waals surface area (Å²) >= 11 is 5.89. The van der Waals surface area contributed by atoms with Crippen LogP contribution in [0.25, 0.3) is 10.9 Å². The molecule has 2 N–H and O–H groups in total. The molecule has 5 nitrogen and oxygen atoms in total. The van der Waals surface area contributed by atoms with Gasteiger partial charge in [-0.2, -0.15) is 0 Å². The monoisotopic (exact) mass is 377 g/mol. The van der Waals surface area contributed by atoms with Crippen molar-refractivity contribution in [3.8, 4) is 5.75 Å². The van der Waals surface area contributed by atoms with Crippen molar-refractivity contribution in [3.63, 3.8) is 0 Å². The molecule has 134 valence electrons. The number of benzene rings is 2. The van der Waals surface area contributed by atoms with E-state index in [0.717, 1.165) is 16.5 Å². The van der Waals surface area contributed by atoms with Crippen molar-refractivity contribution in [3.05, 3.63) is 89.3 Å². The van der Waals surface area contributed by atoms with Gasteiger partial charge in [-0.25, -0.2) is 0 Å². The first-order valence-electron chi connectivity index (χ1n) is 8.39. The SMILES string of the molecule is O=C(Nc1ccc(Cl)cc1)c1c[nH]c2cccc(OCc3ccncc3)c12. The number of aromatic nitrogens is 2. The lowest BCUT2D eigenvalue weighted by Gasteiger charge is -2.10. The molecular formula is C21H16ClN3O2. The molecule has 0 unspecified atom stereocenters. The Morgan fingerprint density at radius 2 is 1.85 bits per heavy atom. The quantitative estimate of drug-likeness (QED) is 0.511. The van der Waals surface area contributed by atoms with Crippen LogP contribution >= 0.6 is 11.6 Å². The number of fused-ring (bicyclic) bond motifs is 1. The van der Waals surface area contributed by atoms with Gasteiger partial charge in [0.05, 0.1) is 10.9 Å². The van der Waals surface area contributed by atoms with Gasteiger partial charge in [0.25, 0.3) is 5.91 Å². The molecule has 0 radical (unpaired) electrons. The number of pyridine rings is 1. The highest BCUT2D eigenvalue weighted by Gasteiger charge is 2.16. The highest BCUT2D eigenvalue weighted by molar-refractivity contribution is 6.30. The molecule has 4 aromatic rings. The lowest BCUT2D eigenvalue weighted by Crippen LogP contribution is -2.11. The van der Waals surface area contributed by atoms with Gasteiger partial charge >= 0.3 is 0 Å². The average molecular weight is 378 g/mol. The lowest BCUT2D eigenvalue weighted by atomic mass is 10.1. The number of hydrogen-bond acceptors (Lipinski definition) is 3. The van der Waals surface area contributed by atoms with E-state index in [9.17, 15) is 4.79 Å². The predicted molar refractivity (Wildman–Crippen MR) is 106 cm³/mol. The first kappa shape index (κ1) is 17.1. The van der Waals surface area contributed by atoms with Crippen molar-refractivity contribution in [1.82, 2.24) is 9.97 Å². The molecule has 6 heteroatoms. The first-order valence-corrected chi connectivity index (χ1v) is 8.77. The number of nitrogens with one attached hydrogen (secondary N) is 2. The van der Waals surface area contributed by atoms with E-state index in [2.05, 4.69) is 15.3 Å². The molecule has 0 fully saturated rings. The van der Waals surface area contributed by atoms with Crippen LogP contribution < -0.4 is 10.1 Å². The summed E-state index contributed by atoms with van der Waals surface area (Å²) in [5.74, 6) is 0.426. The molecular weight excluding hydrogens is 362 g/mol. The molecule has 4 rings (SSSR count). The van der Waals surface area contributed by atoms with Crippen molar-refractivity contribution < 1.29 is 9.53 Å². The summed E-state index contributed by atoms with van der Waals surface area (Å²) in [6.45, 7) is 0.394. The third kappa shape index (κ3) is 3.78. The standard InChI is InChI=1S/C21H16ClN3O2/c22-15-4-6-16(7-5-15)25-21(26)17-12-24-18-2-1-3-19(20(17)18)27-13-14-8-10-23-11-9-14/h1-12,24H,13H2,(H,25,26). The van der Waals surface area contributed by atoms with Crippen molar-refractivity contribution in [2.24, 2.45) is 0 Å². The molecule has 0 aliphatic heterocycles. The van der Waals surface area contributed by atoms with Crippen LogP contribution in [-0.4, -0.2) is 15.9 Å². The highest BCUT2D eigenvalue weighted by atomic mass is 35.5. The summed E-state index contributed by atoms with van der Waals surface area (Å²) in [5, 5.41) is 4.25. The molecule has 0 spiro atoms. The molecule has 0 aliphatic rings. The number of H-pyrrole nitrogens is 1. The van der Waals surface area contributed by atoms with Crippen LogP contribution in [0.3, 0.4) is 0 Å². The first-order chi connectivity index (χ1) is 13.2. The molecule has 2 aromatic heterocycles. The molecule has 0 atom stereocenters. The van der Waals surface area contributed by atoms with E-state index in [4.69, 9.17) is 16.3 Å². The zero-order valence-corrected chi connectivity index (χ0v) is 15.0. The molecule has 2 heterocycles. The summed E-state index contributed by atoms with van der Waals surface area (Å²) in [6.07, 6.45) is 5.14. The van der Waals surface area contributed by atoms with Gasteiger partial charge in [-0.1, -0.05) is 17.7 Å². The van der Waals surface area contributed by atoms with Crippen molar-refractivity contribution in [1.29, 1.82) is 0 Å². The van der Waals surface area contributed by atoms with Crippen LogP contribution in [0.15, 0.2) is 73.2 Å². The summed E-state index contributed by atoms with van der Waals surface area (Å²) in [6, 6.07) is 16.4. The Hall–Kier alpha value is -3.31. The summed E-state index contributed by atoms with van der Waals surface area (Å²) in [4.78, 5) is 19.9. The van der Waals surface area contributed by atoms with Gasteiger partial charge in [0.15, 0.2) is 0 Å². The van der Waals surface area contributed by atoms with Crippen LogP contribution in [0.2, 0.25) is 5.02 Å². The highest BCUT2D eigenvalue weighted by Crippen LogP contribution is 2.30. The second-order valence-electron chi connectivity index (χ2n) is 5.99. The number of nitrogens with zero attached hydrogens (tertiary/aromatic N) is 1. The Morgan fingerprint density at radius 1 is 1.07 bits per heavy atom. The minimum atomic E-state index is -0.219. The topological polar surface area (TPSA) is 67.0 Å². The molecule has 2 aromatic carbocycles. The maximum atomic E-state index is 12.8. The smallest absolute Gasteiger partial charge is 0.257 e. The Bertz CT molecular complexity index is 1080. The van der Waals surface area contributed by atoms with Crippen molar-refractivity contribution >= 4 is 34.1 Å². The third-order valence-corrected chi connectivity index (χ3v) is 4.41. The van der Waals surface area contributed by atoms with E-state index < -0.39 is 0 Å².